The third-order valence-electron chi connectivity index (χ3n) is 2.76. The first kappa shape index (κ1) is 13.8. The predicted molar refractivity (Wildman–Crippen MR) is 79.2 cm³/mol. The van der Waals surface area contributed by atoms with E-state index in [0.717, 1.165) is 11.3 Å². The summed E-state index contributed by atoms with van der Waals surface area (Å²) in [5.41, 5.74) is 7.42. The van der Waals surface area contributed by atoms with Gasteiger partial charge in [0.25, 0.3) is 0 Å². The molecular formula is C14H17N5O. The highest BCUT2D eigenvalue weighted by atomic mass is 16.1. The highest BCUT2D eigenvalue weighted by Crippen LogP contribution is 2.21. The van der Waals surface area contributed by atoms with Crippen molar-refractivity contribution >= 4 is 23.2 Å². The number of rotatable bonds is 4. The average molecular weight is 271 g/mol. The summed E-state index contributed by atoms with van der Waals surface area (Å²) < 4.78 is 0. The van der Waals surface area contributed by atoms with Crippen LogP contribution < -0.4 is 16.4 Å². The number of carbonyl (C=O) groups excluding carboxylic acids is 1. The molecule has 0 fully saturated rings. The van der Waals surface area contributed by atoms with Gasteiger partial charge in [0.15, 0.2) is 0 Å². The number of nitrogens with zero attached hydrogens (tertiary/aromatic N) is 2. The van der Waals surface area contributed by atoms with E-state index >= 15 is 0 Å². The Bertz CT molecular complexity index is 614. The monoisotopic (exact) mass is 271 g/mol. The molecule has 1 heterocycles. The van der Waals surface area contributed by atoms with Gasteiger partial charge < -0.3 is 16.4 Å². The zero-order valence-corrected chi connectivity index (χ0v) is 11.4. The van der Waals surface area contributed by atoms with Crippen molar-refractivity contribution in [2.45, 2.75) is 19.9 Å². The standard InChI is InChI=1S/C14H17N5O/c1-9(18-14-7-13(15)16-8-17-14)11-4-3-5-12(6-11)19-10(2)20/h3-9H,1-2H3,(H,19,20)(H3,15,16,17,18). The number of hydrogen-bond acceptors (Lipinski definition) is 5. The number of carbonyl (C=O) groups is 1. The summed E-state index contributed by atoms with van der Waals surface area (Å²) >= 11 is 0. The van der Waals surface area contributed by atoms with Crippen molar-refractivity contribution in [1.82, 2.24) is 9.97 Å². The van der Waals surface area contributed by atoms with Crippen LogP contribution in [0.25, 0.3) is 0 Å². The van der Waals surface area contributed by atoms with Gasteiger partial charge in [-0.05, 0) is 24.6 Å². The Kier molecular flexibility index (Phi) is 4.14. The highest BCUT2D eigenvalue weighted by Gasteiger charge is 2.07. The van der Waals surface area contributed by atoms with E-state index < -0.39 is 0 Å². The Balaban J connectivity index is 2.12. The van der Waals surface area contributed by atoms with Gasteiger partial charge in [0, 0.05) is 18.7 Å². The maximum atomic E-state index is 11.1. The SMILES string of the molecule is CC(=O)Nc1cccc(C(C)Nc2cc(N)ncn2)c1. The molecule has 2 rings (SSSR count). The summed E-state index contributed by atoms with van der Waals surface area (Å²) in [6, 6.07) is 9.34. The van der Waals surface area contributed by atoms with Crippen molar-refractivity contribution in [2.24, 2.45) is 0 Å². The van der Waals surface area contributed by atoms with Gasteiger partial charge in [-0.1, -0.05) is 12.1 Å². The Labute approximate surface area is 117 Å². The topological polar surface area (TPSA) is 92.9 Å². The van der Waals surface area contributed by atoms with Crippen LogP contribution in [0.2, 0.25) is 0 Å². The van der Waals surface area contributed by atoms with E-state index in [1.54, 1.807) is 6.07 Å². The van der Waals surface area contributed by atoms with Gasteiger partial charge in [0.2, 0.25) is 5.91 Å². The van der Waals surface area contributed by atoms with Crippen molar-refractivity contribution in [2.75, 3.05) is 16.4 Å². The van der Waals surface area contributed by atoms with E-state index in [1.807, 2.05) is 31.2 Å². The zero-order valence-electron chi connectivity index (χ0n) is 11.4. The van der Waals surface area contributed by atoms with Gasteiger partial charge in [0.1, 0.15) is 18.0 Å². The Hall–Kier alpha value is -2.63. The molecule has 0 aliphatic rings. The molecule has 0 aliphatic carbocycles. The average Bonchev–Trinajstić information content (AvgIpc) is 2.38. The number of hydrogen-bond donors (Lipinski definition) is 3. The molecular weight excluding hydrogens is 254 g/mol. The molecule has 6 heteroatoms. The van der Waals surface area contributed by atoms with Gasteiger partial charge in [-0.15, -0.1) is 0 Å². The van der Waals surface area contributed by atoms with E-state index in [9.17, 15) is 4.79 Å². The van der Waals surface area contributed by atoms with E-state index in [0.29, 0.717) is 11.6 Å². The van der Waals surface area contributed by atoms with Crippen molar-refractivity contribution in [3.63, 3.8) is 0 Å². The largest absolute Gasteiger partial charge is 0.384 e. The fourth-order valence-electron chi connectivity index (χ4n) is 1.85. The minimum Gasteiger partial charge on any atom is -0.384 e. The van der Waals surface area contributed by atoms with E-state index in [1.165, 1.54) is 13.3 Å². The number of benzene rings is 1. The fraction of sp³-hybridized carbons (Fsp3) is 0.214. The van der Waals surface area contributed by atoms with Crippen LogP contribution in [0.5, 0.6) is 0 Å². The fourth-order valence-corrected chi connectivity index (χ4v) is 1.85. The first-order valence-corrected chi connectivity index (χ1v) is 6.26. The van der Waals surface area contributed by atoms with Crippen LogP contribution in [-0.2, 0) is 4.79 Å². The Morgan fingerprint density at radius 2 is 2.10 bits per heavy atom. The number of anilines is 3. The maximum Gasteiger partial charge on any atom is 0.221 e. The third-order valence-corrected chi connectivity index (χ3v) is 2.76. The quantitative estimate of drug-likeness (QED) is 0.792. The number of nitrogen functional groups attached to an aromatic ring is 1. The smallest absolute Gasteiger partial charge is 0.221 e. The molecule has 20 heavy (non-hydrogen) atoms. The van der Waals surface area contributed by atoms with Crippen LogP contribution >= 0.6 is 0 Å². The summed E-state index contributed by atoms with van der Waals surface area (Å²) in [6.45, 7) is 3.49. The van der Waals surface area contributed by atoms with Gasteiger partial charge in [-0.25, -0.2) is 9.97 Å². The number of amides is 1. The lowest BCUT2D eigenvalue weighted by molar-refractivity contribution is -0.114. The molecule has 104 valence electrons. The van der Waals surface area contributed by atoms with Gasteiger partial charge >= 0.3 is 0 Å². The molecule has 1 aromatic carbocycles. The number of nitrogens with one attached hydrogen (secondary N) is 2. The second-order valence-electron chi connectivity index (χ2n) is 4.50. The summed E-state index contributed by atoms with van der Waals surface area (Å²) in [4.78, 5) is 19.0. The third kappa shape index (κ3) is 3.68. The summed E-state index contributed by atoms with van der Waals surface area (Å²) in [7, 11) is 0. The molecule has 1 amide bonds. The predicted octanol–water partition coefficient (Wildman–Crippen LogP) is 2.19. The maximum absolute atomic E-state index is 11.1. The van der Waals surface area contributed by atoms with Crippen molar-refractivity contribution in [1.29, 1.82) is 0 Å². The van der Waals surface area contributed by atoms with E-state index in [-0.39, 0.29) is 11.9 Å². The highest BCUT2D eigenvalue weighted by molar-refractivity contribution is 5.88. The molecule has 1 aromatic heterocycles. The van der Waals surface area contributed by atoms with Gasteiger partial charge in [-0.3, -0.25) is 4.79 Å². The van der Waals surface area contributed by atoms with Crippen LogP contribution in [0.3, 0.4) is 0 Å². The number of aromatic nitrogens is 2. The van der Waals surface area contributed by atoms with Crippen LogP contribution in [0.15, 0.2) is 36.7 Å². The summed E-state index contributed by atoms with van der Waals surface area (Å²) in [5, 5.41) is 6.00. The van der Waals surface area contributed by atoms with E-state index in [4.69, 9.17) is 5.73 Å². The molecule has 0 radical (unpaired) electrons. The molecule has 0 spiro atoms. The van der Waals surface area contributed by atoms with Crippen LogP contribution in [0.1, 0.15) is 25.5 Å². The lowest BCUT2D eigenvalue weighted by Gasteiger charge is -2.16. The minimum absolute atomic E-state index is 0.0259. The second kappa shape index (κ2) is 6.01. The Morgan fingerprint density at radius 1 is 1.30 bits per heavy atom. The molecule has 0 bridgehead atoms. The van der Waals surface area contributed by atoms with Crippen molar-refractivity contribution in [3.05, 3.63) is 42.2 Å². The molecule has 0 saturated heterocycles. The zero-order chi connectivity index (χ0) is 14.5. The molecule has 0 saturated carbocycles. The van der Waals surface area contributed by atoms with Gasteiger partial charge in [0.05, 0.1) is 6.04 Å². The van der Waals surface area contributed by atoms with E-state index in [2.05, 4.69) is 20.6 Å². The minimum atomic E-state index is -0.0914. The molecule has 1 unspecified atom stereocenters. The summed E-state index contributed by atoms with van der Waals surface area (Å²) in [5.74, 6) is 0.989. The molecule has 0 aliphatic heterocycles. The van der Waals surface area contributed by atoms with Crippen LogP contribution in [0.4, 0.5) is 17.3 Å². The summed E-state index contributed by atoms with van der Waals surface area (Å²) in [6.07, 6.45) is 1.41. The molecule has 2 aromatic rings. The Morgan fingerprint density at radius 3 is 2.80 bits per heavy atom. The number of nitrogens with two attached hydrogens (primary N) is 1. The van der Waals surface area contributed by atoms with Gasteiger partial charge in [-0.2, -0.15) is 0 Å². The van der Waals surface area contributed by atoms with Crippen molar-refractivity contribution in [3.8, 4) is 0 Å². The van der Waals surface area contributed by atoms with Crippen LogP contribution in [0, 0.1) is 0 Å². The molecule has 1 atom stereocenters. The van der Waals surface area contributed by atoms with Crippen molar-refractivity contribution < 1.29 is 4.79 Å². The lowest BCUT2D eigenvalue weighted by atomic mass is 10.1. The normalized spacial score (nSPS) is 11.7. The first-order valence-electron chi connectivity index (χ1n) is 6.26. The lowest BCUT2D eigenvalue weighted by Crippen LogP contribution is -2.10. The molecule has 6 nitrogen and oxygen atoms in total. The first-order chi connectivity index (χ1) is 9.54. The second-order valence-corrected chi connectivity index (χ2v) is 4.50. The molecule has 4 N–H and O–H groups in total. The van der Waals surface area contributed by atoms with Crippen LogP contribution in [-0.4, -0.2) is 15.9 Å².